The first-order valence-electron chi connectivity index (χ1n) is 5.75. The molecule has 90 valence electrons. The van der Waals surface area contributed by atoms with Gasteiger partial charge in [0.05, 0.1) is 13.0 Å². The van der Waals surface area contributed by atoms with Gasteiger partial charge in [-0.1, -0.05) is 17.7 Å². The van der Waals surface area contributed by atoms with Crippen molar-refractivity contribution in [3.63, 3.8) is 0 Å². The lowest BCUT2D eigenvalue weighted by Crippen LogP contribution is -2.10. The summed E-state index contributed by atoms with van der Waals surface area (Å²) in [6.45, 7) is 4.12. The van der Waals surface area contributed by atoms with Crippen LogP contribution in [0, 0.1) is 5.82 Å². The molecule has 0 aliphatic heterocycles. The first-order chi connectivity index (χ1) is 8.11. The Balaban J connectivity index is 2.23. The number of esters is 1. The van der Waals surface area contributed by atoms with Gasteiger partial charge in [0.15, 0.2) is 0 Å². The Morgan fingerprint density at radius 1 is 1.47 bits per heavy atom. The van der Waals surface area contributed by atoms with Crippen LogP contribution in [0.15, 0.2) is 23.8 Å². The molecule has 0 bridgehead atoms. The summed E-state index contributed by atoms with van der Waals surface area (Å²) in [5, 5.41) is 0. The number of halogens is 1. The van der Waals surface area contributed by atoms with E-state index in [-0.39, 0.29) is 24.1 Å². The van der Waals surface area contributed by atoms with Gasteiger partial charge in [0, 0.05) is 5.92 Å². The van der Waals surface area contributed by atoms with Crippen molar-refractivity contribution >= 4 is 12.0 Å². The van der Waals surface area contributed by atoms with Crippen molar-refractivity contribution in [3.05, 3.63) is 40.7 Å². The van der Waals surface area contributed by atoms with Gasteiger partial charge in [-0.3, -0.25) is 4.79 Å². The van der Waals surface area contributed by atoms with Gasteiger partial charge < -0.3 is 4.74 Å². The van der Waals surface area contributed by atoms with E-state index < -0.39 is 0 Å². The zero-order valence-electron chi connectivity index (χ0n) is 10.00. The molecule has 0 spiro atoms. The topological polar surface area (TPSA) is 26.3 Å². The van der Waals surface area contributed by atoms with Gasteiger partial charge in [-0.2, -0.15) is 0 Å². The highest BCUT2D eigenvalue weighted by Gasteiger charge is 2.25. The molecule has 0 heterocycles. The van der Waals surface area contributed by atoms with Crippen LogP contribution in [0.2, 0.25) is 0 Å². The van der Waals surface area contributed by atoms with E-state index >= 15 is 0 Å². The van der Waals surface area contributed by atoms with Gasteiger partial charge in [0.2, 0.25) is 0 Å². The lowest BCUT2D eigenvalue weighted by molar-refractivity contribution is -0.143. The lowest BCUT2D eigenvalue weighted by atomic mass is 9.93. The zero-order valence-corrected chi connectivity index (χ0v) is 10.00. The number of allylic oxidation sites excluding steroid dienone is 1. The molecule has 0 N–H and O–H groups in total. The van der Waals surface area contributed by atoms with E-state index in [0.29, 0.717) is 6.61 Å². The van der Waals surface area contributed by atoms with E-state index in [1.54, 1.807) is 13.0 Å². The summed E-state index contributed by atoms with van der Waals surface area (Å²) in [5.74, 6) is -0.539. The van der Waals surface area contributed by atoms with Crippen LogP contribution in [0.3, 0.4) is 0 Å². The molecule has 0 fully saturated rings. The number of carbonyl (C=O) groups is 1. The summed E-state index contributed by atoms with van der Waals surface area (Å²) < 4.78 is 18.1. The fourth-order valence-corrected chi connectivity index (χ4v) is 2.23. The number of rotatable bonds is 3. The highest BCUT2D eigenvalue weighted by Crippen LogP contribution is 2.38. The van der Waals surface area contributed by atoms with Gasteiger partial charge in [-0.15, -0.1) is 0 Å². The minimum absolute atomic E-state index is 0.0419. The third-order valence-corrected chi connectivity index (χ3v) is 3.03. The minimum Gasteiger partial charge on any atom is -0.466 e. The average Bonchev–Trinajstić information content (AvgIpc) is 2.56. The fraction of sp³-hybridized carbons (Fsp3) is 0.357. The number of ether oxygens (including phenoxy) is 1. The molecular formula is C14H15FO2. The van der Waals surface area contributed by atoms with Crippen molar-refractivity contribution in [2.24, 2.45) is 0 Å². The van der Waals surface area contributed by atoms with Gasteiger partial charge in [0.25, 0.3) is 0 Å². The molecule has 3 heteroatoms. The standard InChI is InChI=1S/C14H15FO2/c1-3-17-14(16)8-12-9(2)6-10-4-5-11(15)7-13(10)12/h4-7,12H,3,8H2,1-2H3. The van der Waals surface area contributed by atoms with Crippen molar-refractivity contribution in [2.75, 3.05) is 6.61 Å². The largest absolute Gasteiger partial charge is 0.466 e. The molecule has 2 rings (SSSR count). The number of carbonyl (C=O) groups excluding carboxylic acids is 1. The highest BCUT2D eigenvalue weighted by atomic mass is 19.1. The predicted octanol–water partition coefficient (Wildman–Crippen LogP) is 3.28. The average molecular weight is 234 g/mol. The van der Waals surface area contributed by atoms with E-state index in [9.17, 15) is 9.18 Å². The Kier molecular flexibility index (Phi) is 3.27. The summed E-state index contributed by atoms with van der Waals surface area (Å²) in [6, 6.07) is 4.70. The number of hydrogen-bond acceptors (Lipinski definition) is 2. The minimum atomic E-state index is -0.263. The van der Waals surface area contributed by atoms with Crippen molar-refractivity contribution in [3.8, 4) is 0 Å². The van der Waals surface area contributed by atoms with Crippen molar-refractivity contribution in [2.45, 2.75) is 26.2 Å². The van der Waals surface area contributed by atoms with Crippen LogP contribution in [0.4, 0.5) is 4.39 Å². The van der Waals surface area contributed by atoms with Crippen LogP contribution in [-0.2, 0) is 9.53 Å². The van der Waals surface area contributed by atoms with E-state index in [1.807, 2.05) is 13.0 Å². The summed E-state index contributed by atoms with van der Waals surface area (Å²) >= 11 is 0. The van der Waals surface area contributed by atoms with Crippen LogP contribution in [0.25, 0.3) is 6.08 Å². The summed E-state index contributed by atoms with van der Waals surface area (Å²) in [7, 11) is 0. The van der Waals surface area contributed by atoms with Crippen molar-refractivity contribution < 1.29 is 13.9 Å². The quantitative estimate of drug-likeness (QED) is 0.750. The first kappa shape index (κ1) is 11.8. The van der Waals surface area contributed by atoms with Gasteiger partial charge in [-0.05, 0) is 37.1 Å². The molecule has 1 aliphatic carbocycles. The third-order valence-electron chi connectivity index (χ3n) is 3.03. The van der Waals surface area contributed by atoms with E-state index in [1.165, 1.54) is 12.1 Å². The van der Waals surface area contributed by atoms with E-state index in [0.717, 1.165) is 16.7 Å². The maximum absolute atomic E-state index is 13.2. The summed E-state index contributed by atoms with van der Waals surface area (Å²) in [4.78, 5) is 11.5. The van der Waals surface area contributed by atoms with E-state index in [2.05, 4.69) is 0 Å². The molecule has 1 unspecified atom stereocenters. The van der Waals surface area contributed by atoms with Crippen molar-refractivity contribution in [1.29, 1.82) is 0 Å². The Hall–Kier alpha value is -1.64. The SMILES string of the molecule is CCOC(=O)CC1C(C)=Cc2ccc(F)cc21. The number of benzene rings is 1. The van der Waals surface area contributed by atoms with Crippen LogP contribution in [0.5, 0.6) is 0 Å². The molecule has 1 aromatic carbocycles. The Morgan fingerprint density at radius 2 is 2.24 bits per heavy atom. The molecule has 0 aromatic heterocycles. The van der Waals surface area contributed by atoms with Crippen LogP contribution in [-0.4, -0.2) is 12.6 Å². The smallest absolute Gasteiger partial charge is 0.306 e. The third kappa shape index (κ3) is 2.38. The molecule has 17 heavy (non-hydrogen) atoms. The summed E-state index contributed by atoms with van der Waals surface area (Å²) in [5.41, 5.74) is 2.97. The molecule has 0 amide bonds. The van der Waals surface area contributed by atoms with Gasteiger partial charge in [-0.25, -0.2) is 4.39 Å². The van der Waals surface area contributed by atoms with Crippen molar-refractivity contribution in [1.82, 2.24) is 0 Å². The molecule has 0 radical (unpaired) electrons. The predicted molar refractivity (Wildman–Crippen MR) is 64.0 cm³/mol. The first-order valence-corrected chi connectivity index (χ1v) is 5.75. The Labute approximate surface area is 100 Å². The lowest BCUT2D eigenvalue weighted by Gasteiger charge is -2.13. The maximum Gasteiger partial charge on any atom is 0.306 e. The van der Waals surface area contributed by atoms with Crippen LogP contribution >= 0.6 is 0 Å². The molecule has 2 nitrogen and oxygen atoms in total. The highest BCUT2D eigenvalue weighted by molar-refractivity contribution is 5.75. The van der Waals surface area contributed by atoms with Gasteiger partial charge >= 0.3 is 5.97 Å². The zero-order chi connectivity index (χ0) is 12.4. The molecule has 0 saturated heterocycles. The van der Waals surface area contributed by atoms with Gasteiger partial charge in [0.1, 0.15) is 5.82 Å². The number of fused-ring (bicyclic) bond motifs is 1. The van der Waals surface area contributed by atoms with Crippen LogP contribution in [0.1, 0.15) is 37.3 Å². The molecule has 1 atom stereocenters. The Bertz CT molecular complexity index is 477. The fourth-order valence-electron chi connectivity index (χ4n) is 2.23. The second-order valence-electron chi connectivity index (χ2n) is 4.22. The monoisotopic (exact) mass is 234 g/mol. The molecular weight excluding hydrogens is 219 g/mol. The maximum atomic E-state index is 13.2. The second-order valence-corrected chi connectivity index (χ2v) is 4.22. The van der Waals surface area contributed by atoms with E-state index in [4.69, 9.17) is 4.74 Å². The summed E-state index contributed by atoms with van der Waals surface area (Å²) in [6.07, 6.45) is 2.28. The number of hydrogen-bond donors (Lipinski definition) is 0. The normalized spacial score (nSPS) is 17.6. The Morgan fingerprint density at radius 3 is 2.94 bits per heavy atom. The molecule has 0 saturated carbocycles. The van der Waals surface area contributed by atoms with Crippen LogP contribution < -0.4 is 0 Å². The molecule has 1 aromatic rings. The molecule has 1 aliphatic rings. The second kappa shape index (κ2) is 4.70.